The van der Waals surface area contributed by atoms with Gasteiger partial charge in [-0.25, -0.2) is 0 Å². The average molecular weight is 271 g/mol. The Labute approximate surface area is 112 Å². The van der Waals surface area contributed by atoms with Crippen LogP contribution in [0.2, 0.25) is 0 Å². The SMILES string of the molecule is O=C(O)C[C@@H]1CN(C(=O)CC[C@@H]2CCCO2)CCO1. The summed E-state index contributed by atoms with van der Waals surface area (Å²) < 4.78 is 10.8. The summed E-state index contributed by atoms with van der Waals surface area (Å²) >= 11 is 0. The molecular formula is C13H21NO5. The lowest BCUT2D eigenvalue weighted by atomic mass is 10.1. The molecule has 2 atom stereocenters. The van der Waals surface area contributed by atoms with Crippen LogP contribution in [-0.4, -0.2) is 60.4 Å². The molecule has 2 heterocycles. The van der Waals surface area contributed by atoms with Crippen molar-refractivity contribution in [2.45, 2.75) is 44.3 Å². The molecule has 2 rings (SSSR count). The summed E-state index contributed by atoms with van der Waals surface area (Å²) in [5.41, 5.74) is 0. The Hall–Kier alpha value is -1.14. The Morgan fingerprint density at radius 1 is 1.21 bits per heavy atom. The lowest BCUT2D eigenvalue weighted by Gasteiger charge is -2.32. The number of hydrogen-bond donors (Lipinski definition) is 1. The van der Waals surface area contributed by atoms with Gasteiger partial charge in [0.05, 0.1) is 25.2 Å². The van der Waals surface area contributed by atoms with Gasteiger partial charge in [0, 0.05) is 26.1 Å². The fourth-order valence-electron chi connectivity index (χ4n) is 2.58. The van der Waals surface area contributed by atoms with Crippen LogP contribution in [0.25, 0.3) is 0 Å². The molecule has 2 aliphatic heterocycles. The standard InChI is InChI=1S/C13H21NO5/c15-12(4-3-10-2-1-6-18-10)14-5-7-19-11(9-14)8-13(16)17/h10-11H,1-9H2,(H,16,17)/t10-,11+/m0/s1. The number of aliphatic carboxylic acids is 1. The number of ether oxygens (including phenoxy) is 2. The van der Waals surface area contributed by atoms with Gasteiger partial charge >= 0.3 is 5.97 Å². The van der Waals surface area contributed by atoms with E-state index in [1.54, 1.807) is 4.90 Å². The first-order valence-corrected chi connectivity index (χ1v) is 6.88. The minimum Gasteiger partial charge on any atom is -0.481 e. The van der Waals surface area contributed by atoms with Gasteiger partial charge in [0.1, 0.15) is 0 Å². The molecule has 0 spiro atoms. The van der Waals surface area contributed by atoms with E-state index in [0.717, 1.165) is 25.9 Å². The molecule has 0 aromatic carbocycles. The van der Waals surface area contributed by atoms with Crippen molar-refractivity contribution in [3.05, 3.63) is 0 Å². The monoisotopic (exact) mass is 271 g/mol. The van der Waals surface area contributed by atoms with Crippen LogP contribution in [0.1, 0.15) is 32.1 Å². The number of hydrogen-bond acceptors (Lipinski definition) is 4. The first kappa shape index (κ1) is 14.3. The molecule has 0 aromatic heterocycles. The van der Waals surface area contributed by atoms with E-state index in [1.807, 2.05) is 0 Å². The third-order valence-corrected chi connectivity index (χ3v) is 3.60. The summed E-state index contributed by atoms with van der Waals surface area (Å²) in [5, 5.41) is 8.74. The van der Waals surface area contributed by atoms with Gasteiger partial charge < -0.3 is 19.5 Å². The summed E-state index contributed by atoms with van der Waals surface area (Å²) in [7, 11) is 0. The van der Waals surface area contributed by atoms with Gasteiger partial charge in [-0.1, -0.05) is 0 Å². The molecule has 0 unspecified atom stereocenters. The first-order valence-electron chi connectivity index (χ1n) is 6.88. The number of morpholine rings is 1. The molecule has 0 aromatic rings. The Morgan fingerprint density at radius 2 is 2.00 bits per heavy atom. The lowest BCUT2D eigenvalue weighted by Crippen LogP contribution is -2.46. The van der Waals surface area contributed by atoms with Gasteiger partial charge in [-0.3, -0.25) is 9.59 Å². The number of carbonyl (C=O) groups excluding carboxylic acids is 1. The molecule has 108 valence electrons. The van der Waals surface area contributed by atoms with Crippen LogP contribution >= 0.6 is 0 Å². The second-order valence-electron chi connectivity index (χ2n) is 5.10. The van der Waals surface area contributed by atoms with E-state index in [2.05, 4.69) is 0 Å². The van der Waals surface area contributed by atoms with E-state index >= 15 is 0 Å². The minimum absolute atomic E-state index is 0.0461. The number of rotatable bonds is 5. The minimum atomic E-state index is -0.890. The highest BCUT2D eigenvalue weighted by Crippen LogP contribution is 2.18. The van der Waals surface area contributed by atoms with Crippen molar-refractivity contribution in [1.29, 1.82) is 0 Å². The van der Waals surface area contributed by atoms with Gasteiger partial charge in [0.15, 0.2) is 0 Å². The zero-order valence-corrected chi connectivity index (χ0v) is 11.0. The predicted molar refractivity (Wildman–Crippen MR) is 66.8 cm³/mol. The highest BCUT2D eigenvalue weighted by Gasteiger charge is 2.26. The van der Waals surface area contributed by atoms with Crippen molar-refractivity contribution < 1.29 is 24.2 Å². The predicted octanol–water partition coefficient (Wildman–Crippen LogP) is 0.648. The Balaban J connectivity index is 1.73. The van der Waals surface area contributed by atoms with Crippen LogP contribution in [0.5, 0.6) is 0 Å². The molecule has 2 aliphatic rings. The second kappa shape index (κ2) is 6.86. The van der Waals surface area contributed by atoms with Crippen molar-refractivity contribution in [1.82, 2.24) is 4.90 Å². The molecule has 6 heteroatoms. The number of nitrogens with zero attached hydrogens (tertiary/aromatic N) is 1. The zero-order chi connectivity index (χ0) is 13.7. The van der Waals surface area contributed by atoms with Crippen LogP contribution in [0.4, 0.5) is 0 Å². The zero-order valence-electron chi connectivity index (χ0n) is 11.0. The van der Waals surface area contributed by atoms with Gasteiger partial charge in [-0.15, -0.1) is 0 Å². The van der Waals surface area contributed by atoms with Crippen molar-refractivity contribution in [3.8, 4) is 0 Å². The van der Waals surface area contributed by atoms with Crippen molar-refractivity contribution in [3.63, 3.8) is 0 Å². The Morgan fingerprint density at radius 3 is 2.68 bits per heavy atom. The van der Waals surface area contributed by atoms with Gasteiger partial charge in [0.2, 0.25) is 5.91 Å². The smallest absolute Gasteiger partial charge is 0.306 e. The van der Waals surface area contributed by atoms with E-state index in [9.17, 15) is 9.59 Å². The lowest BCUT2D eigenvalue weighted by molar-refractivity contribution is -0.147. The first-order chi connectivity index (χ1) is 9.15. The van der Waals surface area contributed by atoms with E-state index < -0.39 is 5.97 Å². The van der Waals surface area contributed by atoms with Gasteiger partial charge in [-0.2, -0.15) is 0 Å². The molecule has 0 bridgehead atoms. The summed E-state index contributed by atoms with van der Waals surface area (Å²) in [4.78, 5) is 24.4. The normalized spacial score (nSPS) is 27.5. The highest BCUT2D eigenvalue weighted by atomic mass is 16.5. The van der Waals surface area contributed by atoms with Crippen LogP contribution in [0, 0.1) is 0 Å². The quantitative estimate of drug-likeness (QED) is 0.794. The van der Waals surface area contributed by atoms with Crippen molar-refractivity contribution in [2.75, 3.05) is 26.3 Å². The van der Waals surface area contributed by atoms with Crippen LogP contribution < -0.4 is 0 Å². The molecule has 0 saturated carbocycles. The van der Waals surface area contributed by atoms with E-state index in [-0.39, 0.29) is 24.5 Å². The second-order valence-corrected chi connectivity index (χ2v) is 5.10. The summed E-state index contributed by atoms with van der Waals surface area (Å²) in [5.74, 6) is -0.812. The molecule has 2 saturated heterocycles. The van der Waals surface area contributed by atoms with E-state index in [0.29, 0.717) is 26.1 Å². The molecule has 0 radical (unpaired) electrons. The fourth-order valence-corrected chi connectivity index (χ4v) is 2.58. The van der Waals surface area contributed by atoms with Gasteiger partial charge in [0.25, 0.3) is 0 Å². The maximum absolute atomic E-state index is 12.1. The molecule has 0 aliphatic carbocycles. The summed E-state index contributed by atoms with van der Waals surface area (Å²) in [6, 6.07) is 0. The summed E-state index contributed by atoms with van der Waals surface area (Å²) in [6.45, 7) is 2.16. The summed E-state index contributed by atoms with van der Waals surface area (Å²) in [6.07, 6.45) is 3.16. The maximum Gasteiger partial charge on any atom is 0.306 e. The number of carbonyl (C=O) groups is 2. The molecule has 19 heavy (non-hydrogen) atoms. The Kier molecular flexibility index (Phi) is 5.15. The Bertz CT molecular complexity index is 327. The molecule has 1 N–H and O–H groups in total. The molecule has 2 fully saturated rings. The van der Waals surface area contributed by atoms with E-state index in [4.69, 9.17) is 14.6 Å². The third-order valence-electron chi connectivity index (χ3n) is 3.60. The van der Waals surface area contributed by atoms with Gasteiger partial charge in [-0.05, 0) is 19.3 Å². The maximum atomic E-state index is 12.1. The number of amides is 1. The third kappa shape index (κ3) is 4.47. The molecular weight excluding hydrogens is 250 g/mol. The molecule has 6 nitrogen and oxygen atoms in total. The highest BCUT2D eigenvalue weighted by molar-refractivity contribution is 5.76. The van der Waals surface area contributed by atoms with Crippen LogP contribution in [0.15, 0.2) is 0 Å². The fraction of sp³-hybridized carbons (Fsp3) is 0.846. The number of carboxylic acid groups (broad SMARTS) is 1. The average Bonchev–Trinajstić information content (AvgIpc) is 2.88. The van der Waals surface area contributed by atoms with Crippen molar-refractivity contribution in [2.24, 2.45) is 0 Å². The molecule has 1 amide bonds. The topological polar surface area (TPSA) is 76.1 Å². The largest absolute Gasteiger partial charge is 0.481 e. The van der Waals surface area contributed by atoms with Crippen LogP contribution in [-0.2, 0) is 19.1 Å². The van der Waals surface area contributed by atoms with E-state index in [1.165, 1.54) is 0 Å². The van der Waals surface area contributed by atoms with Crippen LogP contribution in [0.3, 0.4) is 0 Å². The number of carboxylic acids is 1. The van der Waals surface area contributed by atoms with Crippen molar-refractivity contribution >= 4 is 11.9 Å².